The SMILES string of the molecule is Cc1ccc(OCC(=O)NC(=S)Nc2cccc(-c3nc4ccccc4o3)c2)cc1. The molecule has 2 N–H and O–H groups in total. The molecule has 1 heterocycles. The lowest BCUT2D eigenvalue weighted by molar-refractivity contribution is -0.121. The number of aryl methyl sites for hydroxylation is 1. The van der Waals surface area contributed by atoms with Crippen LogP contribution in [0.2, 0.25) is 0 Å². The van der Waals surface area contributed by atoms with E-state index in [1.54, 1.807) is 0 Å². The second kappa shape index (κ2) is 8.75. The lowest BCUT2D eigenvalue weighted by atomic mass is 10.2. The van der Waals surface area contributed by atoms with Gasteiger partial charge in [0.1, 0.15) is 11.3 Å². The van der Waals surface area contributed by atoms with Crippen molar-refractivity contribution in [3.05, 3.63) is 78.4 Å². The molecule has 30 heavy (non-hydrogen) atoms. The van der Waals surface area contributed by atoms with Gasteiger partial charge >= 0.3 is 0 Å². The molecule has 150 valence electrons. The molecule has 3 aromatic carbocycles. The van der Waals surface area contributed by atoms with Crippen molar-refractivity contribution in [1.82, 2.24) is 10.3 Å². The fourth-order valence-electron chi connectivity index (χ4n) is 2.83. The molecule has 1 amide bonds. The van der Waals surface area contributed by atoms with Gasteiger partial charge in [-0.1, -0.05) is 35.9 Å². The highest BCUT2D eigenvalue weighted by Gasteiger charge is 2.10. The van der Waals surface area contributed by atoms with Gasteiger partial charge in [0.2, 0.25) is 5.89 Å². The van der Waals surface area contributed by atoms with Gasteiger partial charge in [-0.3, -0.25) is 10.1 Å². The smallest absolute Gasteiger partial charge is 0.264 e. The van der Waals surface area contributed by atoms with Crippen LogP contribution in [0, 0.1) is 6.92 Å². The van der Waals surface area contributed by atoms with Gasteiger partial charge in [-0.05, 0) is 61.6 Å². The van der Waals surface area contributed by atoms with Gasteiger partial charge in [0.05, 0.1) is 0 Å². The molecular formula is C23H19N3O3S. The number of nitrogens with zero attached hydrogens (tertiary/aromatic N) is 1. The monoisotopic (exact) mass is 417 g/mol. The summed E-state index contributed by atoms with van der Waals surface area (Å²) in [4.78, 5) is 16.6. The van der Waals surface area contributed by atoms with E-state index < -0.39 is 0 Å². The summed E-state index contributed by atoms with van der Waals surface area (Å²) >= 11 is 5.24. The van der Waals surface area contributed by atoms with Crippen LogP contribution in [0.25, 0.3) is 22.6 Å². The molecule has 0 fully saturated rings. The van der Waals surface area contributed by atoms with Crippen LogP contribution >= 0.6 is 12.2 Å². The number of carbonyl (C=O) groups excluding carboxylic acids is 1. The number of carbonyl (C=O) groups is 1. The molecule has 0 unspecified atom stereocenters. The first-order valence-electron chi connectivity index (χ1n) is 9.33. The number of thiocarbonyl (C=S) groups is 1. The van der Waals surface area contributed by atoms with E-state index in [1.807, 2.05) is 79.7 Å². The molecule has 4 rings (SSSR count). The fourth-order valence-corrected chi connectivity index (χ4v) is 3.07. The van der Waals surface area contributed by atoms with Crippen molar-refractivity contribution >= 4 is 40.0 Å². The van der Waals surface area contributed by atoms with E-state index >= 15 is 0 Å². The van der Waals surface area contributed by atoms with Gasteiger partial charge in [0.25, 0.3) is 5.91 Å². The molecule has 0 spiro atoms. The third-order valence-corrected chi connectivity index (χ3v) is 4.51. The summed E-state index contributed by atoms with van der Waals surface area (Å²) in [6.45, 7) is 1.85. The maximum Gasteiger partial charge on any atom is 0.264 e. The van der Waals surface area contributed by atoms with E-state index in [0.717, 1.165) is 22.2 Å². The number of ether oxygens (including phenoxy) is 1. The van der Waals surface area contributed by atoms with Gasteiger partial charge in [-0.2, -0.15) is 0 Å². The topological polar surface area (TPSA) is 76.4 Å². The highest BCUT2D eigenvalue weighted by Crippen LogP contribution is 2.26. The molecule has 0 atom stereocenters. The minimum absolute atomic E-state index is 0.131. The van der Waals surface area contributed by atoms with E-state index in [1.165, 1.54) is 0 Å². The zero-order chi connectivity index (χ0) is 20.9. The number of hydrogen-bond donors (Lipinski definition) is 2. The third kappa shape index (κ3) is 4.82. The number of nitrogens with one attached hydrogen (secondary N) is 2. The highest BCUT2D eigenvalue weighted by atomic mass is 32.1. The summed E-state index contributed by atoms with van der Waals surface area (Å²) in [6, 6.07) is 22.5. The summed E-state index contributed by atoms with van der Waals surface area (Å²) in [5.74, 6) is 0.796. The number of benzene rings is 3. The number of amides is 1. The molecule has 0 aliphatic carbocycles. The Morgan fingerprint density at radius 2 is 1.87 bits per heavy atom. The van der Waals surface area contributed by atoms with Gasteiger partial charge in [0, 0.05) is 11.3 Å². The molecule has 6 nitrogen and oxygen atoms in total. The summed E-state index contributed by atoms with van der Waals surface area (Å²) in [7, 11) is 0. The van der Waals surface area contributed by atoms with Crippen LogP contribution in [0.15, 0.2) is 77.2 Å². The third-order valence-electron chi connectivity index (χ3n) is 4.31. The van der Waals surface area contributed by atoms with Crippen molar-refractivity contribution < 1.29 is 13.9 Å². The average molecular weight is 417 g/mol. The first kappa shape index (κ1) is 19.6. The first-order chi connectivity index (χ1) is 14.6. The Balaban J connectivity index is 1.35. The molecule has 0 aliphatic heterocycles. The zero-order valence-electron chi connectivity index (χ0n) is 16.2. The largest absolute Gasteiger partial charge is 0.484 e. The number of hydrogen-bond acceptors (Lipinski definition) is 5. The van der Waals surface area contributed by atoms with Crippen LogP contribution in [0.3, 0.4) is 0 Å². The maximum atomic E-state index is 12.1. The van der Waals surface area contributed by atoms with Gasteiger partial charge < -0.3 is 14.5 Å². The van der Waals surface area contributed by atoms with Crippen LogP contribution in [-0.2, 0) is 4.79 Å². The normalized spacial score (nSPS) is 10.6. The number of fused-ring (bicyclic) bond motifs is 1. The van der Waals surface area contributed by atoms with Crippen molar-refractivity contribution in [1.29, 1.82) is 0 Å². The van der Waals surface area contributed by atoms with Gasteiger partial charge in [-0.15, -0.1) is 0 Å². The first-order valence-corrected chi connectivity index (χ1v) is 9.74. The molecular weight excluding hydrogens is 398 g/mol. The Morgan fingerprint density at radius 1 is 1.07 bits per heavy atom. The van der Waals surface area contributed by atoms with Crippen LogP contribution in [-0.4, -0.2) is 22.6 Å². The lowest BCUT2D eigenvalue weighted by Gasteiger charge is -2.11. The molecule has 1 aromatic heterocycles. The van der Waals surface area contributed by atoms with E-state index in [2.05, 4.69) is 15.6 Å². The molecule has 7 heteroatoms. The van der Waals surface area contributed by atoms with E-state index in [4.69, 9.17) is 21.4 Å². The number of anilines is 1. The average Bonchev–Trinajstić information content (AvgIpc) is 3.18. The molecule has 0 saturated carbocycles. The van der Waals surface area contributed by atoms with Crippen LogP contribution in [0.4, 0.5) is 5.69 Å². The predicted octanol–water partition coefficient (Wildman–Crippen LogP) is 4.70. The molecule has 4 aromatic rings. The summed E-state index contributed by atoms with van der Waals surface area (Å²) in [5, 5.41) is 5.79. The second-order valence-electron chi connectivity index (χ2n) is 6.67. The maximum absolute atomic E-state index is 12.1. The van der Waals surface area contributed by atoms with Crippen molar-refractivity contribution in [2.45, 2.75) is 6.92 Å². The van der Waals surface area contributed by atoms with Gasteiger partial charge in [-0.25, -0.2) is 4.98 Å². The second-order valence-corrected chi connectivity index (χ2v) is 7.08. The Hall–Kier alpha value is -3.71. The minimum Gasteiger partial charge on any atom is -0.484 e. The van der Waals surface area contributed by atoms with E-state index in [9.17, 15) is 4.79 Å². The highest BCUT2D eigenvalue weighted by molar-refractivity contribution is 7.80. The predicted molar refractivity (Wildman–Crippen MR) is 120 cm³/mol. The van der Waals surface area contributed by atoms with E-state index in [-0.39, 0.29) is 17.6 Å². The summed E-state index contributed by atoms with van der Waals surface area (Å²) in [6.07, 6.45) is 0. The Bertz CT molecular complexity index is 1170. The summed E-state index contributed by atoms with van der Waals surface area (Å²) < 4.78 is 11.3. The number of rotatable bonds is 5. The lowest BCUT2D eigenvalue weighted by Crippen LogP contribution is -2.37. The molecule has 0 radical (unpaired) electrons. The standard InChI is InChI=1S/C23H19N3O3S/c1-15-9-11-18(12-10-15)28-14-21(27)26-23(30)24-17-6-4-5-16(13-17)22-25-19-7-2-3-8-20(19)29-22/h2-13H,14H2,1H3,(H2,24,26,27,30). The zero-order valence-corrected chi connectivity index (χ0v) is 17.0. The van der Waals surface area contributed by atoms with Crippen molar-refractivity contribution in [2.75, 3.05) is 11.9 Å². The minimum atomic E-state index is -0.344. The van der Waals surface area contributed by atoms with Crippen molar-refractivity contribution in [3.8, 4) is 17.2 Å². The van der Waals surface area contributed by atoms with Crippen LogP contribution in [0.5, 0.6) is 5.75 Å². The van der Waals surface area contributed by atoms with Crippen LogP contribution in [0.1, 0.15) is 5.56 Å². The number of aromatic nitrogens is 1. The molecule has 0 saturated heterocycles. The number of para-hydroxylation sites is 2. The Morgan fingerprint density at radius 3 is 2.67 bits per heavy atom. The fraction of sp³-hybridized carbons (Fsp3) is 0.0870. The summed E-state index contributed by atoms with van der Waals surface area (Å²) in [5.41, 5.74) is 4.15. The van der Waals surface area contributed by atoms with Crippen molar-refractivity contribution in [3.63, 3.8) is 0 Å². The Labute approximate surface area is 178 Å². The van der Waals surface area contributed by atoms with Gasteiger partial charge in [0.15, 0.2) is 17.3 Å². The van der Waals surface area contributed by atoms with Crippen LogP contribution < -0.4 is 15.4 Å². The molecule has 0 bridgehead atoms. The number of oxazole rings is 1. The van der Waals surface area contributed by atoms with Crippen molar-refractivity contribution in [2.24, 2.45) is 0 Å². The quantitative estimate of drug-likeness (QED) is 0.459. The Kier molecular flexibility index (Phi) is 5.72. The molecule has 0 aliphatic rings. The van der Waals surface area contributed by atoms with E-state index in [0.29, 0.717) is 17.3 Å².